The standard InChI is InChI=1S/C27H40N2O5S/c1-25(2,3)17-26(4,5)29-14-9-12-27-20(22(31)28(13-10-15-30)21(27)23(29)32)19-18(35-27)11-7-6-8-16-34-24(19)33/h7,9,11-12,18-21,30H,6,8,10,13-17H2,1-5H3/b11-7-/t18-,19+,20+,21?,27+/m1/s1. The third-order valence-electron chi connectivity index (χ3n) is 7.60. The summed E-state index contributed by atoms with van der Waals surface area (Å²) in [6, 6.07) is -0.716. The molecule has 194 valence electrons. The number of ether oxygens (including phenoxy) is 1. The topological polar surface area (TPSA) is 87.2 Å². The summed E-state index contributed by atoms with van der Waals surface area (Å²) in [5.74, 6) is -1.89. The zero-order valence-electron chi connectivity index (χ0n) is 21.7. The highest BCUT2D eigenvalue weighted by Crippen LogP contribution is 2.61. The fourth-order valence-electron chi connectivity index (χ4n) is 6.67. The number of cyclic esters (lactones) is 1. The summed E-state index contributed by atoms with van der Waals surface area (Å²) >= 11 is 1.57. The summed E-state index contributed by atoms with van der Waals surface area (Å²) in [5.41, 5.74) is -0.403. The maximum absolute atomic E-state index is 14.4. The Balaban J connectivity index is 1.79. The van der Waals surface area contributed by atoms with Crippen LogP contribution in [0.1, 0.15) is 60.3 Å². The summed E-state index contributed by atoms with van der Waals surface area (Å²) < 4.78 is 4.75. The van der Waals surface area contributed by atoms with Crippen LogP contribution in [0.4, 0.5) is 0 Å². The van der Waals surface area contributed by atoms with Crippen LogP contribution in [0.5, 0.6) is 0 Å². The molecule has 4 heterocycles. The van der Waals surface area contributed by atoms with Crippen LogP contribution in [0.2, 0.25) is 0 Å². The molecule has 0 radical (unpaired) electrons. The molecule has 4 aliphatic rings. The Morgan fingerprint density at radius 2 is 1.89 bits per heavy atom. The largest absolute Gasteiger partial charge is 0.465 e. The molecular weight excluding hydrogens is 464 g/mol. The monoisotopic (exact) mass is 504 g/mol. The molecule has 1 spiro atoms. The maximum atomic E-state index is 14.4. The second-order valence-electron chi connectivity index (χ2n) is 12.1. The van der Waals surface area contributed by atoms with E-state index in [1.807, 2.05) is 23.1 Å². The predicted octanol–water partition coefficient (Wildman–Crippen LogP) is 3.17. The van der Waals surface area contributed by atoms with Crippen LogP contribution in [-0.2, 0) is 19.1 Å². The van der Waals surface area contributed by atoms with Crippen molar-refractivity contribution in [3.63, 3.8) is 0 Å². The molecule has 4 rings (SSSR count). The molecule has 0 saturated carbocycles. The van der Waals surface area contributed by atoms with Crippen molar-refractivity contribution >= 4 is 29.5 Å². The zero-order chi connectivity index (χ0) is 25.6. The first-order valence-corrected chi connectivity index (χ1v) is 13.7. The van der Waals surface area contributed by atoms with E-state index in [1.54, 1.807) is 16.7 Å². The Morgan fingerprint density at radius 3 is 2.57 bits per heavy atom. The van der Waals surface area contributed by atoms with Gasteiger partial charge in [-0.1, -0.05) is 45.1 Å². The van der Waals surface area contributed by atoms with Gasteiger partial charge in [-0.15, -0.1) is 11.8 Å². The van der Waals surface area contributed by atoms with Crippen molar-refractivity contribution in [2.45, 2.75) is 81.9 Å². The minimum absolute atomic E-state index is 0.0166. The van der Waals surface area contributed by atoms with Crippen LogP contribution >= 0.6 is 11.8 Å². The van der Waals surface area contributed by atoms with Crippen molar-refractivity contribution in [3.8, 4) is 0 Å². The van der Waals surface area contributed by atoms with E-state index in [9.17, 15) is 19.5 Å². The molecule has 2 amide bonds. The molecule has 1 unspecified atom stereocenters. The fourth-order valence-corrected chi connectivity index (χ4v) is 8.67. The van der Waals surface area contributed by atoms with Crippen molar-refractivity contribution in [3.05, 3.63) is 24.3 Å². The number of aliphatic hydroxyl groups is 1. The highest BCUT2D eigenvalue weighted by Gasteiger charge is 2.71. The molecular formula is C27H40N2O5S. The summed E-state index contributed by atoms with van der Waals surface area (Å²) in [7, 11) is 0. The number of fused-ring (bicyclic) bond motifs is 2. The minimum atomic E-state index is -0.839. The van der Waals surface area contributed by atoms with Gasteiger partial charge in [0.25, 0.3) is 0 Å². The summed E-state index contributed by atoms with van der Waals surface area (Å²) in [5, 5.41) is 9.32. The number of amides is 2. The van der Waals surface area contributed by atoms with E-state index in [0.717, 1.165) is 19.3 Å². The van der Waals surface area contributed by atoms with Crippen LogP contribution in [0.3, 0.4) is 0 Å². The van der Waals surface area contributed by atoms with Crippen molar-refractivity contribution in [2.24, 2.45) is 17.3 Å². The Morgan fingerprint density at radius 1 is 1.14 bits per heavy atom. The third kappa shape index (κ3) is 4.68. The SMILES string of the molecule is CC(C)(C)CC(C)(C)N1CC=C[C@]23S[C@@H]4/C=C\CCCOC(=O)[C@@H]4[C@H]2C(=O)N(CCCO)C3C1=O. The number of hydrogen-bond acceptors (Lipinski definition) is 6. The second kappa shape index (κ2) is 9.58. The number of rotatable bonds is 5. The molecule has 35 heavy (non-hydrogen) atoms. The summed E-state index contributed by atoms with van der Waals surface area (Å²) in [4.78, 5) is 45.1. The van der Waals surface area contributed by atoms with E-state index < -0.39 is 28.2 Å². The van der Waals surface area contributed by atoms with E-state index in [1.165, 1.54) is 0 Å². The minimum Gasteiger partial charge on any atom is -0.465 e. The highest BCUT2D eigenvalue weighted by molar-refractivity contribution is 8.02. The van der Waals surface area contributed by atoms with E-state index in [4.69, 9.17) is 4.74 Å². The van der Waals surface area contributed by atoms with Gasteiger partial charge < -0.3 is 19.6 Å². The van der Waals surface area contributed by atoms with E-state index in [-0.39, 0.29) is 41.6 Å². The smallest absolute Gasteiger partial charge is 0.311 e. The number of allylic oxidation sites excluding steroid dienone is 1. The third-order valence-corrected chi connectivity index (χ3v) is 9.35. The number of aliphatic hydroxyl groups excluding tert-OH is 1. The average molecular weight is 505 g/mol. The first-order chi connectivity index (χ1) is 16.4. The molecule has 1 N–H and O–H groups in total. The molecule has 4 aliphatic heterocycles. The van der Waals surface area contributed by atoms with Crippen LogP contribution < -0.4 is 0 Å². The van der Waals surface area contributed by atoms with Crippen molar-refractivity contribution < 1.29 is 24.2 Å². The van der Waals surface area contributed by atoms with Gasteiger partial charge in [0.1, 0.15) is 6.04 Å². The first-order valence-electron chi connectivity index (χ1n) is 12.8. The Kier molecular flexibility index (Phi) is 7.19. The fraction of sp³-hybridized carbons (Fsp3) is 0.741. The van der Waals surface area contributed by atoms with E-state index in [2.05, 4.69) is 40.7 Å². The number of nitrogens with zero attached hydrogens (tertiary/aromatic N) is 2. The van der Waals surface area contributed by atoms with Gasteiger partial charge >= 0.3 is 5.97 Å². The van der Waals surface area contributed by atoms with Gasteiger partial charge in [-0.2, -0.15) is 0 Å². The number of esters is 1. The lowest BCUT2D eigenvalue weighted by Crippen LogP contribution is -2.58. The van der Waals surface area contributed by atoms with Crippen LogP contribution in [0.25, 0.3) is 0 Å². The number of hydrogen-bond donors (Lipinski definition) is 1. The molecule has 0 aromatic carbocycles. The quantitative estimate of drug-likeness (QED) is 0.457. The van der Waals surface area contributed by atoms with Gasteiger partial charge in [0.2, 0.25) is 11.8 Å². The first kappa shape index (κ1) is 26.3. The molecule has 0 aromatic rings. The van der Waals surface area contributed by atoms with Gasteiger partial charge in [0.05, 0.1) is 23.2 Å². The summed E-state index contributed by atoms with van der Waals surface area (Å²) in [6.07, 6.45) is 10.9. The lowest BCUT2D eigenvalue weighted by atomic mass is 9.78. The predicted molar refractivity (Wildman–Crippen MR) is 137 cm³/mol. The number of carbonyl (C=O) groups is 3. The van der Waals surface area contributed by atoms with Gasteiger partial charge in [-0.25, -0.2) is 0 Å². The van der Waals surface area contributed by atoms with Gasteiger partial charge in [0, 0.05) is 30.5 Å². The van der Waals surface area contributed by atoms with Crippen LogP contribution in [-0.4, -0.2) is 80.6 Å². The van der Waals surface area contributed by atoms with Gasteiger partial charge in [0.15, 0.2) is 0 Å². The molecule has 5 atom stereocenters. The number of thioether (sulfide) groups is 1. The van der Waals surface area contributed by atoms with Gasteiger partial charge in [-0.05, 0) is 44.9 Å². The molecule has 2 fully saturated rings. The normalized spacial score (nSPS) is 34.4. The maximum Gasteiger partial charge on any atom is 0.311 e. The van der Waals surface area contributed by atoms with Gasteiger partial charge in [-0.3, -0.25) is 14.4 Å². The molecule has 0 aliphatic carbocycles. The molecule has 8 heteroatoms. The number of carbonyl (C=O) groups excluding carboxylic acids is 3. The second-order valence-corrected chi connectivity index (χ2v) is 13.6. The molecule has 0 aromatic heterocycles. The van der Waals surface area contributed by atoms with E-state index in [0.29, 0.717) is 19.6 Å². The van der Waals surface area contributed by atoms with Crippen molar-refractivity contribution in [2.75, 3.05) is 26.3 Å². The Labute approximate surface area is 213 Å². The molecule has 0 bridgehead atoms. The van der Waals surface area contributed by atoms with Crippen molar-refractivity contribution in [1.82, 2.24) is 9.80 Å². The molecule has 2 saturated heterocycles. The zero-order valence-corrected chi connectivity index (χ0v) is 22.5. The Hall–Kier alpha value is -1.80. The summed E-state index contributed by atoms with van der Waals surface area (Å²) in [6.45, 7) is 11.7. The Bertz CT molecular complexity index is 923. The van der Waals surface area contributed by atoms with E-state index >= 15 is 0 Å². The lowest BCUT2D eigenvalue weighted by molar-refractivity contribution is -0.153. The van der Waals surface area contributed by atoms with Crippen LogP contribution in [0, 0.1) is 17.3 Å². The highest BCUT2D eigenvalue weighted by atomic mass is 32.2. The van der Waals surface area contributed by atoms with Crippen molar-refractivity contribution in [1.29, 1.82) is 0 Å². The number of likely N-dealkylation sites (tertiary alicyclic amines) is 1. The molecule has 7 nitrogen and oxygen atoms in total. The van der Waals surface area contributed by atoms with Crippen LogP contribution in [0.15, 0.2) is 24.3 Å². The lowest BCUT2D eigenvalue weighted by Gasteiger charge is -2.44. The average Bonchev–Trinajstić information content (AvgIpc) is 3.15.